The predicted octanol–water partition coefficient (Wildman–Crippen LogP) is 4.04. The normalized spacial score (nSPS) is 17.6. The standard InChI is InChI=1S/C29H41N3O6/c1-20(2)32(28(33)23-12-13-25(36-5)26(16-23)37-15-9-14-35-4)19-24-17-30-18-27(24)38-29(34)31-21(3)22-10-7-6-8-11-22/h6-8,10-13,16,20-21,24,27,30H,9,14-15,17-19H2,1-5H3,(H,31,34)/t21-,24-,27+/m0/s1. The van der Waals surface area contributed by atoms with Gasteiger partial charge in [0, 0.05) is 57.3 Å². The molecule has 1 aliphatic rings. The largest absolute Gasteiger partial charge is 0.493 e. The Morgan fingerprint density at radius 3 is 2.47 bits per heavy atom. The van der Waals surface area contributed by atoms with E-state index in [0.29, 0.717) is 49.9 Å². The lowest BCUT2D eigenvalue weighted by molar-refractivity contribution is 0.0516. The molecule has 2 N–H and O–H groups in total. The number of ether oxygens (including phenoxy) is 4. The predicted molar refractivity (Wildman–Crippen MR) is 146 cm³/mol. The summed E-state index contributed by atoms with van der Waals surface area (Å²) in [5.41, 5.74) is 1.52. The maximum atomic E-state index is 13.6. The van der Waals surface area contributed by atoms with Crippen LogP contribution in [0.25, 0.3) is 0 Å². The zero-order valence-electron chi connectivity index (χ0n) is 23.1. The van der Waals surface area contributed by atoms with Gasteiger partial charge in [-0.15, -0.1) is 0 Å². The second-order valence-corrected chi connectivity index (χ2v) is 9.75. The van der Waals surface area contributed by atoms with Gasteiger partial charge in [0.25, 0.3) is 5.91 Å². The summed E-state index contributed by atoms with van der Waals surface area (Å²) in [7, 11) is 3.22. The Hall–Kier alpha value is -3.30. The van der Waals surface area contributed by atoms with Crippen LogP contribution in [0.1, 0.15) is 49.2 Å². The molecule has 1 saturated heterocycles. The number of hydrogen-bond acceptors (Lipinski definition) is 7. The van der Waals surface area contributed by atoms with Crippen LogP contribution in [0.3, 0.4) is 0 Å². The number of hydrogen-bond donors (Lipinski definition) is 2. The molecule has 9 heteroatoms. The summed E-state index contributed by atoms with van der Waals surface area (Å²) in [5, 5.41) is 6.21. The summed E-state index contributed by atoms with van der Waals surface area (Å²) < 4.78 is 22.2. The summed E-state index contributed by atoms with van der Waals surface area (Å²) in [5.74, 6) is 0.935. The van der Waals surface area contributed by atoms with Gasteiger partial charge in [0.1, 0.15) is 6.10 Å². The van der Waals surface area contributed by atoms with Crippen molar-refractivity contribution in [3.63, 3.8) is 0 Å². The first-order valence-electron chi connectivity index (χ1n) is 13.2. The van der Waals surface area contributed by atoms with Crippen LogP contribution in [-0.4, -0.2) is 76.1 Å². The maximum absolute atomic E-state index is 13.6. The third-order valence-electron chi connectivity index (χ3n) is 6.65. The topological polar surface area (TPSA) is 98.4 Å². The van der Waals surface area contributed by atoms with Crippen molar-refractivity contribution >= 4 is 12.0 Å². The Bertz CT molecular complexity index is 1030. The van der Waals surface area contributed by atoms with E-state index in [1.165, 1.54) is 0 Å². The quantitative estimate of drug-likeness (QED) is 0.380. The van der Waals surface area contributed by atoms with Gasteiger partial charge in [0.05, 0.1) is 19.8 Å². The minimum absolute atomic E-state index is 0.0397. The van der Waals surface area contributed by atoms with E-state index in [1.54, 1.807) is 32.4 Å². The van der Waals surface area contributed by atoms with Gasteiger partial charge < -0.3 is 34.5 Å². The molecule has 0 aliphatic carbocycles. The van der Waals surface area contributed by atoms with E-state index in [-0.39, 0.29) is 30.0 Å². The van der Waals surface area contributed by atoms with Crippen molar-refractivity contribution < 1.29 is 28.5 Å². The number of benzene rings is 2. The molecular formula is C29H41N3O6. The van der Waals surface area contributed by atoms with Gasteiger partial charge in [0.2, 0.25) is 0 Å². The van der Waals surface area contributed by atoms with Crippen molar-refractivity contribution in [1.82, 2.24) is 15.5 Å². The number of methoxy groups -OCH3 is 2. The average molecular weight is 528 g/mol. The average Bonchev–Trinajstić information content (AvgIpc) is 3.35. The van der Waals surface area contributed by atoms with Gasteiger partial charge in [-0.1, -0.05) is 30.3 Å². The van der Waals surface area contributed by atoms with Crippen molar-refractivity contribution in [2.45, 2.75) is 45.4 Å². The molecule has 2 aromatic carbocycles. The van der Waals surface area contributed by atoms with E-state index in [0.717, 1.165) is 12.0 Å². The minimum Gasteiger partial charge on any atom is -0.493 e. The van der Waals surface area contributed by atoms with E-state index in [1.807, 2.05) is 56.0 Å². The maximum Gasteiger partial charge on any atom is 0.407 e. The van der Waals surface area contributed by atoms with Crippen LogP contribution in [0.4, 0.5) is 4.79 Å². The van der Waals surface area contributed by atoms with Crippen LogP contribution < -0.4 is 20.1 Å². The monoisotopic (exact) mass is 527 g/mol. The minimum atomic E-state index is -0.465. The van der Waals surface area contributed by atoms with Crippen LogP contribution in [0, 0.1) is 5.92 Å². The highest BCUT2D eigenvalue weighted by atomic mass is 16.6. The summed E-state index contributed by atoms with van der Waals surface area (Å²) >= 11 is 0. The lowest BCUT2D eigenvalue weighted by Crippen LogP contribution is -2.44. The van der Waals surface area contributed by atoms with Crippen molar-refractivity contribution in [2.75, 3.05) is 47.1 Å². The molecule has 0 spiro atoms. The van der Waals surface area contributed by atoms with E-state index in [9.17, 15) is 9.59 Å². The molecule has 3 atom stereocenters. The summed E-state index contributed by atoms with van der Waals surface area (Å²) in [6.07, 6.45) is -0.0838. The molecule has 2 aromatic rings. The van der Waals surface area contributed by atoms with Crippen LogP contribution in [-0.2, 0) is 9.47 Å². The number of rotatable bonds is 13. The van der Waals surface area contributed by atoms with Crippen LogP contribution in [0.5, 0.6) is 11.5 Å². The van der Waals surface area contributed by atoms with E-state index >= 15 is 0 Å². The van der Waals surface area contributed by atoms with Crippen molar-refractivity contribution in [2.24, 2.45) is 5.92 Å². The van der Waals surface area contributed by atoms with Crippen molar-refractivity contribution in [3.05, 3.63) is 59.7 Å². The van der Waals surface area contributed by atoms with Gasteiger partial charge in [-0.25, -0.2) is 4.79 Å². The van der Waals surface area contributed by atoms with Crippen LogP contribution in [0.15, 0.2) is 48.5 Å². The number of nitrogens with one attached hydrogen (secondary N) is 2. The van der Waals surface area contributed by atoms with E-state index in [4.69, 9.17) is 18.9 Å². The lowest BCUT2D eigenvalue weighted by Gasteiger charge is -2.31. The molecule has 0 radical (unpaired) electrons. The first-order chi connectivity index (χ1) is 18.3. The Morgan fingerprint density at radius 1 is 1.03 bits per heavy atom. The van der Waals surface area contributed by atoms with Gasteiger partial charge >= 0.3 is 6.09 Å². The third-order valence-corrected chi connectivity index (χ3v) is 6.65. The summed E-state index contributed by atoms with van der Waals surface area (Å²) in [6.45, 7) is 8.57. The molecule has 0 saturated carbocycles. The molecule has 208 valence electrons. The molecule has 0 aromatic heterocycles. The Kier molecular flexibility index (Phi) is 11.2. The summed E-state index contributed by atoms with van der Waals surface area (Å²) in [4.78, 5) is 28.1. The fourth-order valence-electron chi connectivity index (χ4n) is 4.46. The molecule has 9 nitrogen and oxygen atoms in total. The number of nitrogens with zero attached hydrogens (tertiary/aromatic N) is 1. The molecule has 0 unspecified atom stereocenters. The fraction of sp³-hybridized carbons (Fsp3) is 0.517. The number of carbonyl (C=O) groups excluding carboxylic acids is 2. The zero-order valence-corrected chi connectivity index (χ0v) is 23.1. The molecule has 0 bridgehead atoms. The number of carbonyl (C=O) groups is 2. The first kappa shape index (κ1) is 29.3. The number of alkyl carbamates (subject to hydrolysis) is 1. The van der Waals surface area contributed by atoms with Crippen molar-refractivity contribution in [3.8, 4) is 11.5 Å². The van der Waals surface area contributed by atoms with E-state index < -0.39 is 6.09 Å². The molecule has 3 rings (SSSR count). The molecular weight excluding hydrogens is 486 g/mol. The van der Waals surface area contributed by atoms with Gasteiger partial charge in [0.15, 0.2) is 11.5 Å². The lowest BCUT2D eigenvalue weighted by atomic mass is 10.0. The Balaban J connectivity index is 1.65. The Labute approximate surface area is 225 Å². The fourth-order valence-corrected chi connectivity index (χ4v) is 4.46. The molecule has 2 amide bonds. The third kappa shape index (κ3) is 8.10. The zero-order chi connectivity index (χ0) is 27.5. The highest BCUT2D eigenvalue weighted by Crippen LogP contribution is 2.29. The highest BCUT2D eigenvalue weighted by molar-refractivity contribution is 5.95. The molecule has 1 aliphatic heterocycles. The van der Waals surface area contributed by atoms with Gasteiger partial charge in [-0.05, 0) is 44.5 Å². The first-order valence-corrected chi connectivity index (χ1v) is 13.2. The SMILES string of the molecule is COCCCOc1cc(C(=O)N(C[C@@H]2CNC[C@H]2OC(=O)N[C@@H](C)c2ccccc2)C(C)C)ccc1OC. The van der Waals surface area contributed by atoms with Crippen LogP contribution in [0.2, 0.25) is 0 Å². The molecule has 38 heavy (non-hydrogen) atoms. The van der Waals surface area contributed by atoms with E-state index in [2.05, 4.69) is 10.6 Å². The Morgan fingerprint density at radius 2 is 1.79 bits per heavy atom. The number of amides is 2. The highest BCUT2D eigenvalue weighted by Gasteiger charge is 2.34. The molecule has 1 heterocycles. The second-order valence-electron chi connectivity index (χ2n) is 9.75. The van der Waals surface area contributed by atoms with Crippen molar-refractivity contribution in [1.29, 1.82) is 0 Å². The van der Waals surface area contributed by atoms with Crippen LogP contribution >= 0.6 is 0 Å². The van der Waals surface area contributed by atoms with Gasteiger partial charge in [-0.3, -0.25) is 4.79 Å². The van der Waals surface area contributed by atoms with Gasteiger partial charge in [-0.2, -0.15) is 0 Å². The molecule has 1 fully saturated rings. The smallest absolute Gasteiger partial charge is 0.407 e. The summed E-state index contributed by atoms with van der Waals surface area (Å²) in [6, 6.07) is 14.7. The second kappa shape index (κ2) is 14.6.